The average molecular weight is 467 g/mol. The highest BCUT2D eigenvalue weighted by Crippen LogP contribution is 2.21. The third kappa shape index (κ3) is 4.86. The van der Waals surface area contributed by atoms with E-state index in [2.05, 4.69) is 36.3 Å². The smallest absolute Gasteiger partial charge is 0.318 e. The normalized spacial score (nSPS) is 11.0. The summed E-state index contributed by atoms with van der Waals surface area (Å²) in [6, 6.07) is 15.6. The van der Waals surface area contributed by atoms with Crippen molar-refractivity contribution in [3.63, 3.8) is 0 Å². The van der Waals surface area contributed by atoms with E-state index < -0.39 is 11.8 Å². The van der Waals surface area contributed by atoms with Crippen LogP contribution in [0.1, 0.15) is 28.1 Å². The van der Waals surface area contributed by atoms with Gasteiger partial charge in [-0.15, -0.1) is 0 Å². The van der Waals surface area contributed by atoms with Crippen LogP contribution in [0.2, 0.25) is 0 Å². The lowest BCUT2D eigenvalue weighted by molar-refractivity contribution is -0.136. The van der Waals surface area contributed by atoms with Gasteiger partial charge in [0.15, 0.2) is 0 Å². The molecule has 30 heavy (non-hydrogen) atoms. The number of aryl methyl sites for hydroxylation is 3. The summed E-state index contributed by atoms with van der Waals surface area (Å²) in [6.07, 6.45) is 1.54. The molecule has 0 unspecified atom stereocenters. The zero-order chi connectivity index (χ0) is 21.8. The molecule has 1 heterocycles. The van der Waals surface area contributed by atoms with Gasteiger partial charge in [0.2, 0.25) is 0 Å². The number of nitrogens with zero attached hydrogens (tertiary/aromatic N) is 2. The summed E-state index contributed by atoms with van der Waals surface area (Å²) in [6.45, 7) is 7.77. The monoisotopic (exact) mass is 466 g/mol. The summed E-state index contributed by atoms with van der Waals surface area (Å²) in [7, 11) is 0. The minimum absolute atomic E-state index is 0.608. The number of carbonyl (C=O) groups excluding carboxylic acids is 2. The maximum atomic E-state index is 12.2. The van der Waals surface area contributed by atoms with Crippen molar-refractivity contribution in [1.29, 1.82) is 0 Å². The minimum atomic E-state index is -0.825. The molecule has 0 aliphatic heterocycles. The maximum absolute atomic E-state index is 12.2. The molecular formula is C23H23BrN4O2. The number of benzene rings is 2. The molecule has 0 saturated heterocycles. The fourth-order valence-electron chi connectivity index (χ4n) is 3.17. The number of aromatic nitrogens is 1. The van der Waals surface area contributed by atoms with E-state index in [1.807, 2.05) is 76.2 Å². The van der Waals surface area contributed by atoms with Gasteiger partial charge in [-0.2, -0.15) is 5.10 Å². The van der Waals surface area contributed by atoms with Gasteiger partial charge in [0, 0.05) is 32.8 Å². The quantitative estimate of drug-likeness (QED) is 0.335. The van der Waals surface area contributed by atoms with Crippen LogP contribution in [0.3, 0.4) is 0 Å². The van der Waals surface area contributed by atoms with Gasteiger partial charge >= 0.3 is 11.8 Å². The van der Waals surface area contributed by atoms with Crippen LogP contribution in [0.15, 0.2) is 58.1 Å². The Kier molecular flexibility index (Phi) is 6.52. The fourth-order valence-corrected chi connectivity index (χ4v) is 3.43. The summed E-state index contributed by atoms with van der Waals surface area (Å²) in [5, 5.41) is 6.58. The average Bonchev–Trinajstić information content (AvgIpc) is 2.98. The molecular weight excluding hydrogens is 444 g/mol. The van der Waals surface area contributed by atoms with E-state index in [1.54, 1.807) is 6.21 Å². The Hall–Kier alpha value is -3.19. The second kappa shape index (κ2) is 9.09. The highest BCUT2D eigenvalue weighted by Gasteiger charge is 2.14. The maximum Gasteiger partial charge on any atom is 0.329 e. The molecule has 6 nitrogen and oxygen atoms in total. The first-order valence-corrected chi connectivity index (χ1v) is 10.2. The zero-order valence-corrected chi connectivity index (χ0v) is 18.9. The predicted molar refractivity (Wildman–Crippen MR) is 123 cm³/mol. The van der Waals surface area contributed by atoms with Gasteiger partial charge in [0.05, 0.1) is 6.21 Å². The molecule has 0 aliphatic carbocycles. The molecule has 1 aromatic heterocycles. The van der Waals surface area contributed by atoms with Crippen LogP contribution in [0, 0.1) is 27.7 Å². The highest BCUT2D eigenvalue weighted by molar-refractivity contribution is 9.10. The van der Waals surface area contributed by atoms with Gasteiger partial charge in [0.1, 0.15) is 0 Å². The van der Waals surface area contributed by atoms with E-state index in [-0.39, 0.29) is 0 Å². The van der Waals surface area contributed by atoms with Crippen molar-refractivity contribution >= 4 is 39.6 Å². The molecule has 154 valence electrons. The van der Waals surface area contributed by atoms with E-state index in [4.69, 9.17) is 0 Å². The lowest BCUT2D eigenvalue weighted by Gasteiger charge is -2.09. The number of carbonyl (C=O) groups is 2. The number of hydrogen-bond donors (Lipinski definition) is 2. The third-order valence-electron chi connectivity index (χ3n) is 4.77. The molecule has 0 bridgehead atoms. The van der Waals surface area contributed by atoms with E-state index >= 15 is 0 Å². The van der Waals surface area contributed by atoms with Gasteiger partial charge < -0.3 is 9.88 Å². The summed E-state index contributed by atoms with van der Waals surface area (Å²) in [5.41, 5.74) is 8.68. The van der Waals surface area contributed by atoms with Gasteiger partial charge in [-0.3, -0.25) is 9.59 Å². The Morgan fingerprint density at radius 2 is 1.67 bits per heavy atom. The lowest BCUT2D eigenvalue weighted by atomic mass is 10.1. The number of nitrogens with one attached hydrogen (secondary N) is 2. The van der Waals surface area contributed by atoms with Gasteiger partial charge in [-0.05, 0) is 75.2 Å². The van der Waals surface area contributed by atoms with Crippen molar-refractivity contribution in [3.8, 4) is 5.69 Å². The summed E-state index contributed by atoms with van der Waals surface area (Å²) >= 11 is 3.44. The van der Waals surface area contributed by atoms with Crippen LogP contribution < -0.4 is 10.7 Å². The van der Waals surface area contributed by atoms with Crippen molar-refractivity contribution in [2.75, 3.05) is 5.32 Å². The van der Waals surface area contributed by atoms with Crippen molar-refractivity contribution in [3.05, 3.63) is 81.1 Å². The summed E-state index contributed by atoms with van der Waals surface area (Å²) in [4.78, 5) is 24.2. The van der Waals surface area contributed by atoms with Crippen molar-refractivity contribution in [1.82, 2.24) is 9.99 Å². The second-order valence-electron chi connectivity index (χ2n) is 7.11. The first-order valence-electron chi connectivity index (χ1n) is 9.43. The first kappa shape index (κ1) is 21.5. The molecule has 0 radical (unpaired) electrons. The summed E-state index contributed by atoms with van der Waals surface area (Å²) < 4.78 is 3.11. The van der Waals surface area contributed by atoms with Crippen molar-refractivity contribution in [2.45, 2.75) is 27.7 Å². The molecule has 2 N–H and O–H groups in total. The van der Waals surface area contributed by atoms with Crippen LogP contribution >= 0.6 is 15.9 Å². The number of halogens is 1. The second-order valence-corrected chi connectivity index (χ2v) is 8.03. The number of hydrazone groups is 1. The van der Waals surface area contributed by atoms with Crippen LogP contribution in [-0.4, -0.2) is 22.6 Å². The van der Waals surface area contributed by atoms with Crippen LogP contribution in [0.25, 0.3) is 5.69 Å². The Bertz CT molecular complexity index is 1130. The van der Waals surface area contributed by atoms with Crippen LogP contribution in [0.5, 0.6) is 0 Å². The Morgan fingerprint density at radius 1 is 0.967 bits per heavy atom. The van der Waals surface area contributed by atoms with Gasteiger partial charge in [-0.1, -0.05) is 28.1 Å². The predicted octanol–water partition coefficient (Wildman–Crippen LogP) is 4.56. The van der Waals surface area contributed by atoms with Crippen molar-refractivity contribution in [2.24, 2.45) is 5.10 Å². The molecule has 0 atom stereocenters. The minimum Gasteiger partial charge on any atom is -0.318 e. The standard InChI is InChI=1S/C23H23BrN4O2/c1-14-5-6-15(2)21(11-14)26-22(29)23(30)27-25-13-18-12-16(3)28(17(18)4)20-9-7-19(24)8-10-20/h5-13H,1-4H3,(H,26,29)(H,27,30)/b25-13-. The Morgan fingerprint density at radius 3 is 2.37 bits per heavy atom. The largest absolute Gasteiger partial charge is 0.329 e. The number of hydrogen-bond acceptors (Lipinski definition) is 3. The highest BCUT2D eigenvalue weighted by atomic mass is 79.9. The van der Waals surface area contributed by atoms with E-state index in [1.165, 1.54) is 0 Å². The van der Waals surface area contributed by atoms with E-state index in [9.17, 15) is 9.59 Å². The molecule has 2 amide bonds. The molecule has 7 heteroatoms. The summed E-state index contributed by atoms with van der Waals surface area (Å²) in [5.74, 6) is -1.59. The SMILES string of the molecule is Cc1ccc(C)c(NC(=O)C(=O)N/N=C\c2cc(C)n(-c3ccc(Br)cc3)c2C)c1. The number of rotatable bonds is 4. The molecule has 3 aromatic rings. The Balaban J connectivity index is 1.68. The number of amides is 2. The Labute approximate surface area is 184 Å². The van der Waals surface area contributed by atoms with Crippen LogP contribution in [0.4, 0.5) is 5.69 Å². The first-order chi connectivity index (χ1) is 14.3. The molecule has 0 fully saturated rings. The lowest BCUT2D eigenvalue weighted by Crippen LogP contribution is -2.32. The molecule has 0 spiro atoms. The van der Waals surface area contributed by atoms with E-state index in [0.717, 1.165) is 38.2 Å². The van der Waals surface area contributed by atoms with Gasteiger partial charge in [-0.25, -0.2) is 5.43 Å². The fraction of sp³-hybridized carbons (Fsp3) is 0.174. The van der Waals surface area contributed by atoms with Crippen molar-refractivity contribution < 1.29 is 9.59 Å². The zero-order valence-electron chi connectivity index (χ0n) is 17.3. The molecule has 0 saturated carbocycles. The van der Waals surface area contributed by atoms with Crippen LogP contribution in [-0.2, 0) is 9.59 Å². The van der Waals surface area contributed by atoms with E-state index in [0.29, 0.717) is 5.69 Å². The molecule has 0 aliphatic rings. The third-order valence-corrected chi connectivity index (χ3v) is 5.30. The molecule has 3 rings (SSSR count). The topological polar surface area (TPSA) is 75.5 Å². The number of anilines is 1. The molecule has 2 aromatic carbocycles. The van der Waals surface area contributed by atoms with Gasteiger partial charge in [0.25, 0.3) is 0 Å².